The molecule has 0 unspecified atom stereocenters. The Morgan fingerprint density at radius 2 is 2.15 bits per heavy atom. The van der Waals surface area contributed by atoms with E-state index in [2.05, 4.69) is 5.32 Å². The van der Waals surface area contributed by atoms with Crippen LogP contribution in [0.1, 0.15) is 12.8 Å². The number of nitrogens with one attached hydrogen (secondary N) is 1. The molecule has 3 N–H and O–H groups in total. The van der Waals surface area contributed by atoms with Crippen molar-refractivity contribution < 1.29 is 9.59 Å². The minimum atomic E-state index is -0.292. The molecular weight excluding hydrogens is 194 g/mol. The molecule has 0 aromatic carbocycles. The summed E-state index contributed by atoms with van der Waals surface area (Å²) >= 11 is 0. The number of nitrogens with zero attached hydrogens (tertiary/aromatic N) is 1. The Kier molecular flexibility index (Phi) is 5.41. The number of carbonyl (C=O) groups excluding carboxylic acids is 2. The second-order valence-electron chi connectivity index (χ2n) is 2.73. The van der Waals surface area contributed by atoms with Gasteiger partial charge in [0.1, 0.15) is 0 Å². The lowest BCUT2D eigenvalue weighted by Crippen LogP contribution is -2.49. The van der Waals surface area contributed by atoms with Crippen LogP contribution in [-0.2, 0) is 4.79 Å². The van der Waals surface area contributed by atoms with Crippen LogP contribution in [0.3, 0.4) is 0 Å². The van der Waals surface area contributed by atoms with Gasteiger partial charge >= 0.3 is 6.03 Å². The van der Waals surface area contributed by atoms with Crippen molar-refractivity contribution in [3.8, 4) is 0 Å². The molecule has 0 radical (unpaired) electrons. The van der Waals surface area contributed by atoms with Gasteiger partial charge < -0.3 is 10.6 Å². The topological polar surface area (TPSA) is 75.4 Å². The quantitative estimate of drug-likeness (QED) is 0.667. The molecule has 0 aromatic rings. The summed E-state index contributed by atoms with van der Waals surface area (Å²) in [6.07, 6.45) is 1.18. The molecular formula is C7H14ClN3O2. The predicted octanol–water partition coefficient (Wildman–Crippen LogP) is -0.301. The van der Waals surface area contributed by atoms with Crippen LogP contribution in [0.25, 0.3) is 0 Å². The molecule has 1 rings (SSSR count). The summed E-state index contributed by atoms with van der Waals surface area (Å²) in [6, 6.07) is -0.292. The summed E-state index contributed by atoms with van der Waals surface area (Å²) in [5.41, 5.74) is 5.29. The normalized spacial score (nSPS) is 16.5. The van der Waals surface area contributed by atoms with Gasteiger partial charge in [-0.15, -0.1) is 12.4 Å². The molecule has 0 saturated carbocycles. The fourth-order valence-corrected chi connectivity index (χ4v) is 1.09. The van der Waals surface area contributed by atoms with Crippen LogP contribution in [-0.4, -0.2) is 36.5 Å². The number of rotatable bonds is 3. The van der Waals surface area contributed by atoms with E-state index in [1.54, 1.807) is 4.90 Å². The fraction of sp³-hybridized carbons (Fsp3) is 0.714. The lowest BCUT2D eigenvalue weighted by Gasteiger charge is -2.26. The van der Waals surface area contributed by atoms with Gasteiger partial charge in [0.2, 0.25) is 5.91 Å². The van der Waals surface area contributed by atoms with Crippen LogP contribution in [0.15, 0.2) is 0 Å². The van der Waals surface area contributed by atoms with Crippen LogP contribution in [0.2, 0.25) is 0 Å². The molecule has 1 saturated heterocycles. The van der Waals surface area contributed by atoms with E-state index < -0.39 is 0 Å². The van der Waals surface area contributed by atoms with Gasteiger partial charge in [-0.3, -0.25) is 10.1 Å². The molecule has 1 aliphatic heterocycles. The molecule has 0 atom stereocenters. The fourth-order valence-electron chi connectivity index (χ4n) is 1.09. The van der Waals surface area contributed by atoms with E-state index in [9.17, 15) is 9.59 Å². The molecule has 1 heterocycles. The summed E-state index contributed by atoms with van der Waals surface area (Å²) in [5.74, 6) is -0.191. The smallest absolute Gasteiger partial charge is 0.324 e. The Balaban J connectivity index is 0.00000144. The van der Waals surface area contributed by atoms with E-state index in [0.717, 1.165) is 6.42 Å². The Morgan fingerprint density at radius 3 is 2.69 bits per heavy atom. The summed E-state index contributed by atoms with van der Waals surface area (Å²) in [7, 11) is 0. The van der Waals surface area contributed by atoms with Crippen molar-refractivity contribution in [1.29, 1.82) is 0 Å². The highest BCUT2D eigenvalue weighted by molar-refractivity contribution is 5.96. The van der Waals surface area contributed by atoms with Crippen molar-refractivity contribution in [3.63, 3.8) is 0 Å². The Morgan fingerprint density at radius 1 is 1.46 bits per heavy atom. The van der Waals surface area contributed by atoms with Crippen LogP contribution >= 0.6 is 12.4 Å². The zero-order chi connectivity index (χ0) is 8.97. The van der Waals surface area contributed by atoms with Gasteiger partial charge in [-0.25, -0.2) is 4.79 Å². The third-order valence-electron chi connectivity index (χ3n) is 1.77. The van der Waals surface area contributed by atoms with Crippen LogP contribution < -0.4 is 11.1 Å². The van der Waals surface area contributed by atoms with Crippen molar-refractivity contribution in [2.45, 2.75) is 12.8 Å². The van der Waals surface area contributed by atoms with E-state index in [-0.39, 0.29) is 24.3 Å². The number of nitrogens with two attached hydrogens (primary N) is 1. The number of urea groups is 1. The lowest BCUT2D eigenvalue weighted by molar-refractivity contribution is -0.121. The molecule has 0 aromatic heterocycles. The number of imide groups is 1. The molecule has 0 spiro atoms. The van der Waals surface area contributed by atoms with Crippen molar-refractivity contribution >= 4 is 24.3 Å². The Hall–Kier alpha value is -0.810. The highest BCUT2D eigenvalue weighted by atomic mass is 35.5. The molecule has 13 heavy (non-hydrogen) atoms. The standard InChI is InChI=1S/C7H13N3O2.ClH/c8-3-1-4-10-5-2-6(11)9-7(10)12;/h1-5,8H2,(H,9,11,12);1H. The minimum Gasteiger partial charge on any atom is -0.330 e. The van der Waals surface area contributed by atoms with Crippen molar-refractivity contribution in [1.82, 2.24) is 10.2 Å². The predicted molar refractivity (Wildman–Crippen MR) is 50.6 cm³/mol. The summed E-state index contributed by atoms with van der Waals surface area (Å²) in [4.78, 5) is 23.4. The summed E-state index contributed by atoms with van der Waals surface area (Å²) in [5, 5.41) is 2.25. The summed E-state index contributed by atoms with van der Waals surface area (Å²) < 4.78 is 0. The largest absolute Gasteiger partial charge is 0.330 e. The second-order valence-corrected chi connectivity index (χ2v) is 2.73. The van der Waals surface area contributed by atoms with E-state index in [1.165, 1.54) is 0 Å². The van der Waals surface area contributed by atoms with Crippen molar-refractivity contribution in [3.05, 3.63) is 0 Å². The maximum atomic E-state index is 11.1. The number of amides is 3. The van der Waals surface area contributed by atoms with Crippen molar-refractivity contribution in [2.75, 3.05) is 19.6 Å². The highest BCUT2D eigenvalue weighted by Gasteiger charge is 2.21. The van der Waals surface area contributed by atoms with Gasteiger partial charge in [0.15, 0.2) is 0 Å². The first-order chi connectivity index (χ1) is 5.74. The molecule has 3 amide bonds. The minimum absolute atomic E-state index is 0. The molecule has 0 aliphatic carbocycles. The first kappa shape index (κ1) is 12.2. The average Bonchev–Trinajstić information content (AvgIpc) is 2.03. The SMILES string of the molecule is Cl.NCCCN1CCC(=O)NC1=O. The third kappa shape index (κ3) is 3.61. The highest BCUT2D eigenvalue weighted by Crippen LogP contribution is 2.00. The number of halogens is 1. The number of carbonyl (C=O) groups is 2. The van der Waals surface area contributed by atoms with Gasteiger partial charge in [0, 0.05) is 19.5 Å². The number of hydrogen-bond donors (Lipinski definition) is 2. The lowest BCUT2D eigenvalue weighted by atomic mass is 10.3. The van der Waals surface area contributed by atoms with Crippen LogP contribution in [0.4, 0.5) is 4.79 Å². The monoisotopic (exact) mass is 207 g/mol. The second kappa shape index (κ2) is 5.77. The zero-order valence-corrected chi connectivity index (χ0v) is 8.10. The molecule has 1 fully saturated rings. The van der Waals surface area contributed by atoms with Crippen LogP contribution in [0.5, 0.6) is 0 Å². The van der Waals surface area contributed by atoms with E-state index in [1.807, 2.05) is 0 Å². The van der Waals surface area contributed by atoms with Gasteiger partial charge in [0.25, 0.3) is 0 Å². The molecule has 6 heteroatoms. The van der Waals surface area contributed by atoms with Gasteiger partial charge in [-0.2, -0.15) is 0 Å². The molecule has 1 aliphatic rings. The first-order valence-corrected chi connectivity index (χ1v) is 4.03. The Bertz CT molecular complexity index is 198. The average molecular weight is 208 g/mol. The van der Waals surface area contributed by atoms with Crippen LogP contribution in [0, 0.1) is 0 Å². The van der Waals surface area contributed by atoms with Gasteiger partial charge in [0.05, 0.1) is 0 Å². The van der Waals surface area contributed by atoms with E-state index >= 15 is 0 Å². The summed E-state index contributed by atoms with van der Waals surface area (Å²) in [6.45, 7) is 1.72. The Labute approximate surface area is 83.0 Å². The number of hydrogen-bond acceptors (Lipinski definition) is 3. The van der Waals surface area contributed by atoms with E-state index in [0.29, 0.717) is 26.1 Å². The third-order valence-corrected chi connectivity index (χ3v) is 1.77. The molecule has 76 valence electrons. The molecule has 0 bridgehead atoms. The van der Waals surface area contributed by atoms with Gasteiger partial charge in [-0.05, 0) is 13.0 Å². The van der Waals surface area contributed by atoms with Gasteiger partial charge in [-0.1, -0.05) is 0 Å². The maximum Gasteiger partial charge on any atom is 0.324 e. The van der Waals surface area contributed by atoms with E-state index in [4.69, 9.17) is 5.73 Å². The first-order valence-electron chi connectivity index (χ1n) is 4.03. The maximum absolute atomic E-state index is 11.1. The van der Waals surface area contributed by atoms with Crippen molar-refractivity contribution in [2.24, 2.45) is 5.73 Å². The zero-order valence-electron chi connectivity index (χ0n) is 7.28. The molecule has 5 nitrogen and oxygen atoms in total.